The third-order valence-corrected chi connectivity index (χ3v) is 6.85. The highest BCUT2D eigenvalue weighted by Crippen LogP contribution is 2.30. The van der Waals surface area contributed by atoms with Crippen LogP contribution in [0.15, 0.2) is 0 Å². The Morgan fingerprint density at radius 2 is 1.90 bits per heavy atom. The summed E-state index contributed by atoms with van der Waals surface area (Å²) in [5.74, 6) is 0.294. The van der Waals surface area contributed by atoms with Gasteiger partial charge in [-0.25, -0.2) is 8.42 Å². The Kier molecular flexibility index (Phi) is 5.19. The van der Waals surface area contributed by atoms with Crippen molar-refractivity contribution in [3.05, 3.63) is 0 Å². The Bertz CT molecular complexity index is 434. The van der Waals surface area contributed by atoms with E-state index in [-0.39, 0.29) is 12.1 Å². The Hall–Kier alpha value is -0.170. The molecule has 2 unspecified atom stereocenters. The molecule has 0 aromatic heterocycles. The van der Waals surface area contributed by atoms with E-state index in [1.165, 1.54) is 19.3 Å². The first-order valence-electron chi connectivity index (χ1n) is 8.51. The molecule has 3 rings (SSSR count). The van der Waals surface area contributed by atoms with Crippen molar-refractivity contribution in [1.29, 1.82) is 0 Å². The van der Waals surface area contributed by atoms with E-state index < -0.39 is 10.0 Å². The quantitative estimate of drug-likeness (QED) is 0.723. The average Bonchev–Trinajstić information content (AvgIpc) is 3.30. The zero-order valence-electron chi connectivity index (χ0n) is 12.8. The van der Waals surface area contributed by atoms with E-state index in [9.17, 15) is 8.42 Å². The summed E-state index contributed by atoms with van der Waals surface area (Å²) in [6.07, 6.45) is 8.70. The summed E-state index contributed by atoms with van der Waals surface area (Å²) in [6.45, 7) is 2.06. The third-order valence-electron chi connectivity index (χ3n) is 4.88. The second-order valence-corrected chi connectivity index (χ2v) is 8.66. The molecule has 2 atom stereocenters. The van der Waals surface area contributed by atoms with E-state index in [4.69, 9.17) is 4.74 Å². The standard InChI is InChI=1S/C15H28N2O3S/c18-21(19,12-4-3-9-16-13-7-8-13)17-10-11-20-15-6-2-1-5-14(15)17/h13-16H,1-12H2. The Morgan fingerprint density at radius 3 is 2.71 bits per heavy atom. The van der Waals surface area contributed by atoms with Crippen LogP contribution in [0.4, 0.5) is 0 Å². The van der Waals surface area contributed by atoms with E-state index in [1.54, 1.807) is 4.31 Å². The van der Waals surface area contributed by atoms with Crippen LogP contribution >= 0.6 is 0 Å². The van der Waals surface area contributed by atoms with E-state index >= 15 is 0 Å². The molecule has 3 aliphatic rings. The molecule has 2 saturated carbocycles. The number of hydrogen-bond donors (Lipinski definition) is 1. The van der Waals surface area contributed by atoms with Crippen LogP contribution in [0.2, 0.25) is 0 Å². The topological polar surface area (TPSA) is 58.6 Å². The number of fused-ring (bicyclic) bond motifs is 1. The van der Waals surface area contributed by atoms with E-state index in [0.29, 0.717) is 24.9 Å². The van der Waals surface area contributed by atoms with Gasteiger partial charge in [-0.3, -0.25) is 0 Å². The monoisotopic (exact) mass is 316 g/mol. The normalized spacial score (nSPS) is 31.0. The molecule has 1 heterocycles. The molecule has 0 radical (unpaired) electrons. The van der Waals surface area contributed by atoms with Crippen LogP contribution in [-0.4, -0.2) is 56.4 Å². The molecular weight excluding hydrogens is 288 g/mol. The van der Waals surface area contributed by atoms with Crippen molar-refractivity contribution in [2.75, 3.05) is 25.4 Å². The second kappa shape index (κ2) is 6.94. The molecule has 3 fully saturated rings. The number of sulfonamides is 1. The van der Waals surface area contributed by atoms with Crippen LogP contribution in [0.3, 0.4) is 0 Å². The van der Waals surface area contributed by atoms with Gasteiger partial charge in [-0.05, 0) is 45.1 Å². The Balaban J connectivity index is 1.47. The maximum Gasteiger partial charge on any atom is 0.214 e. The number of unbranched alkanes of at least 4 members (excludes halogenated alkanes) is 1. The molecule has 0 bridgehead atoms. The second-order valence-electron chi connectivity index (χ2n) is 6.62. The highest BCUT2D eigenvalue weighted by atomic mass is 32.2. The summed E-state index contributed by atoms with van der Waals surface area (Å²) in [5, 5.41) is 3.44. The minimum absolute atomic E-state index is 0.0992. The molecule has 2 aliphatic carbocycles. The van der Waals surface area contributed by atoms with Crippen LogP contribution in [0, 0.1) is 0 Å². The third kappa shape index (κ3) is 4.18. The van der Waals surface area contributed by atoms with Crippen molar-refractivity contribution < 1.29 is 13.2 Å². The van der Waals surface area contributed by atoms with Gasteiger partial charge in [-0.15, -0.1) is 0 Å². The first-order chi connectivity index (χ1) is 10.2. The van der Waals surface area contributed by atoms with Gasteiger partial charge in [0.05, 0.1) is 24.5 Å². The van der Waals surface area contributed by atoms with Gasteiger partial charge in [-0.2, -0.15) is 4.31 Å². The zero-order chi connectivity index (χ0) is 14.7. The fourth-order valence-corrected chi connectivity index (χ4v) is 5.34. The van der Waals surface area contributed by atoms with E-state index in [0.717, 1.165) is 38.6 Å². The predicted octanol–water partition coefficient (Wildman–Crippen LogP) is 1.49. The summed E-state index contributed by atoms with van der Waals surface area (Å²) in [6, 6.07) is 0.811. The molecular formula is C15H28N2O3S. The number of nitrogens with one attached hydrogen (secondary N) is 1. The lowest BCUT2D eigenvalue weighted by Gasteiger charge is -2.42. The predicted molar refractivity (Wildman–Crippen MR) is 82.7 cm³/mol. The molecule has 0 aromatic rings. The summed E-state index contributed by atoms with van der Waals surface area (Å²) in [7, 11) is -3.11. The van der Waals surface area contributed by atoms with Crippen LogP contribution < -0.4 is 5.32 Å². The average molecular weight is 316 g/mol. The van der Waals surface area contributed by atoms with Crippen molar-refractivity contribution in [2.24, 2.45) is 0 Å². The van der Waals surface area contributed by atoms with Gasteiger partial charge in [-0.1, -0.05) is 12.8 Å². The van der Waals surface area contributed by atoms with Crippen molar-refractivity contribution in [3.63, 3.8) is 0 Å². The van der Waals surface area contributed by atoms with Crippen molar-refractivity contribution >= 4 is 10.0 Å². The van der Waals surface area contributed by atoms with Crippen molar-refractivity contribution in [3.8, 4) is 0 Å². The minimum Gasteiger partial charge on any atom is -0.375 e. The minimum atomic E-state index is -3.11. The number of ether oxygens (including phenoxy) is 1. The van der Waals surface area contributed by atoms with Gasteiger partial charge >= 0.3 is 0 Å². The van der Waals surface area contributed by atoms with Crippen molar-refractivity contribution in [2.45, 2.75) is 69.6 Å². The maximum absolute atomic E-state index is 12.6. The number of rotatable bonds is 7. The van der Waals surface area contributed by atoms with Gasteiger partial charge in [0.2, 0.25) is 10.0 Å². The number of hydrogen-bond acceptors (Lipinski definition) is 4. The lowest BCUT2D eigenvalue weighted by atomic mass is 9.91. The molecule has 122 valence electrons. The van der Waals surface area contributed by atoms with Crippen LogP contribution in [0.25, 0.3) is 0 Å². The summed E-state index contributed by atoms with van der Waals surface area (Å²) < 4.78 is 32.7. The first kappa shape index (κ1) is 15.7. The van der Waals surface area contributed by atoms with Crippen LogP contribution in [0.1, 0.15) is 51.4 Å². The fraction of sp³-hybridized carbons (Fsp3) is 1.00. The summed E-state index contributed by atoms with van der Waals surface area (Å²) in [4.78, 5) is 0. The summed E-state index contributed by atoms with van der Waals surface area (Å²) >= 11 is 0. The Labute approximate surface area is 128 Å². The lowest BCUT2D eigenvalue weighted by Crippen LogP contribution is -2.55. The van der Waals surface area contributed by atoms with Gasteiger partial charge in [0, 0.05) is 12.6 Å². The summed E-state index contributed by atoms with van der Waals surface area (Å²) in [5.41, 5.74) is 0. The maximum atomic E-state index is 12.6. The largest absolute Gasteiger partial charge is 0.375 e. The molecule has 0 amide bonds. The molecule has 1 saturated heterocycles. The molecule has 0 spiro atoms. The smallest absolute Gasteiger partial charge is 0.214 e. The van der Waals surface area contributed by atoms with Gasteiger partial charge < -0.3 is 10.1 Å². The molecule has 6 heteroatoms. The van der Waals surface area contributed by atoms with Crippen LogP contribution in [-0.2, 0) is 14.8 Å². The van der Waals surface area contributed by atoms with Crippen LogP contribution in [0.5, 0.6) is 0 Å². The fourth-order valence-electron chi connectivity index (χ4n) is 3.53. The molecule has 0 aromatic carbocycles. The first-order valence-corrected chi connectivity index (χ1v) is 10.1. The highest BCUT2D eigenvalue weighted by molar-refractivity contribution is 7.89. The zero-order valence-corrected chi connectivity index (χ0v) is 13.6. The Morgan fingerprint density at radius 1 is 1.10 bits per heavy atom. The molecule has 1 N–H and O–H groups in total. The SMILES string of the molecule is O=S(=O)(CCCCNC1CC1)N1CCOC2CCCCC21. The lowest BCUT2D eigenvalue weighted by molar-refractivity contribution is -0.0586. The number of morpholine rings is 1. The van der Waals surface area contributed by atoms with Crippen molar-refractivity contribution in [1.82, 2.24) is 9.62 Å². The molecule has 1 aliphatic heterocycles. The van der Waals surface area contributed by atoms with Gasteiger partial charge in [0.1, 0.15) is 0 Å². The molecule has 5 nitrogen and oxygen atoms in total. The van der Waals surface area contributed by atoms with Gasteiger partial charge in [0.25, 0.3) is 0 Å². The number of nitrogens with zero attached hydrogens (tertiary/aromatic N) is 1. The van der Waals surface area contributed by atoms with E-state index in [1.807, 2.05) is 0 Å². The molecule has 21 heavy (non-hydrogen) atoms. The highest BCUT2D eigenvalue weighted by Gasteiger charge is 2.39. The van der Waals surface area contributed by atoms with E-state index in [2.05, 4.69) is 5.32 Å². The van der Waals surface area contributed by atoms with Gasteiger partial charge in [0.15, 0.2) is 0 Å².